The van der Waals surface area contributed by atoms with Crippen molar-refractivity contribution >= 4 is 28.3 Å². The van der Waals surface area contributed by atoms with Gasteiger partial charge in [-0.05, 0) is 66.5 Å². The van der Waals surface area contributed by atoms with Crippen LogP contribution in [0.5, 0.6) is 0 Å². The van der Waals surface area contributed by atoms with Crippen LogP contribution in [0.15, 0.2) is 60.9 Å². The van der Waals surface area contributed by atoms with Gasteiger partial charge in [0.05, 0.1) is 0 Å². The normalized spacial score (nSPS) is 25.0. The van der Waals surface area contributed by atoms with Crippen molar-refractivity contribution in [3.05, 3.63) is 72.3 Å². The molecule has 6 rings (SSSR count). The molecule has 3 fully saturated rings. The molecule has 3 aliphatic carbocycles. The molecule has 0 spiro atoms. The van der Waals surface area contributed by atoms with Gasteiger partial charge in [-0.15, -0.1) is 0 Å². The molecule has 0 radical (unpaired) electrons. The van der Waals surface area contributed by atoms with Crippen molar-refractivity contribution in [2.45, 2.75) is 31.7 Å². The standard InChI is InChI=1S/C24H22FN3O2/c1-15(21(29)27-18-7-5-17(25)6-8-18)23-12-24(13-23,14-23)28-22(30)19-4-2-3-16-9-10-26-11-20(16)19/h2-11,15H,12-14H2,1H3,(H,27,29)(H,28,30)/t15-,23?,24?/m1/s1. The number of carbonyl (C=O) groups is 2. The summed E-state index contributed by atoms with van der Waals surface area (Å²) in [5.41, 5.74) is 0.928. The molecule has 3 saturated carbocycles. The van der Waals surface area contributed by atoms with Gasteiger partial charge in [-0.2, -0.15) is 0 Å². The summed E-state index contributed by atoms with van der Waals surface area (Å²) in [6, 6.07) is 13.3. The number of pyridine rings is 1. The highest BCUT2D eigenvalue weighted by Crippen LogP contribution is 2.70. The fourth-order valence-corrected chi connectivity index (χ4v) is 5.14. The first-order chi connectivity index (χ1) is 14.4. The van der Waals surface area contributed by atoms with E-state index in [0.29, 0.717) is 11.3 Å². The molecule has 5 nitrogen and oxygen atoms in total. The molecule has 0 saturated heterocycles. The molecule has 1 atom stereocenters. The molecule has 2 aromatic carbocycles. The summed E-state index contributed by atoms with van der Waals surface area (Å²) in [5.74, 6) is -0.671. The minimum absolute atomic E-state index is 0.0682. The number of aromatic nitrogens is 1. The zero-order chi connectivity index (χ0) is 20.9. The SMILES string of the molecule is C[C@H](C(=O)Nc1ccc(F)cc1)C12CC(NC(=O)c3cccc4ccncc34)(C1)C2. The van der Waals surface area contributed by atoms with E-state index < -0.39 is 0 Å². The highest BCUT2D eigenvalue weighted by molar-refractivity contribution is 6.07. The summed E-state index contributed by atoms with van der Waals surface area (Å²) in [7, 11) is 0. The first-order valence-corrected chi connectivity index (χ1v) is 10.1. The third-order valence-corrected chi connectivity index (χ3v) is 6.80. The predicted octanol–water partition coefficient (Wildman–Crippen LogP) is 4.30. The van der Waals surface area contributed by atoms with Crippen molar-refractivity contribution in [2.75, 3.05) is 5.32 Å². The molecular formula is C24H22FN3O2. The van der Waals surface area contributed by atoms with Gasteiger partial charge in [0.1, 0.15) is 5.82 Å². The van der Waals surface area contributed by atoms with Crippen LogP contribution in [0.4, 0.5) is 10.1 Å². The van der Waals surface area contributed by atoms with Gasteiger partial charge in [0.25, 0.3) is 5.91 Å². The molecule has 2 amide bonds. The Morgan fingerprint density at radius 1 is 1.07 bits per heavy atom. The molecule has 0 unspecified atom stereocenters. The minimum Gasteiger partial charge on any atom is -0.347 e. The molecule has 3 aliphatic rings. The first kappa shape index (κ1) is 18.7. The number of hydrogen-bond donors (Lipinski definition) is 2. The Balaban J connectivity index is 1.23. The number of nitrogens with zero attached hydrogens (tertiary/aromatic N) is 1. The Morgan fingerprint density at radius 2 is 1.80 bits per heavy atom. The Bertz CT molecular complexity index is 1130. The van der Waals surface area contributed by atoms with Gasteiger partial charge in [-0.3, -0.25) is 14.6 Å². The Labute approximate surface area is 173 Å². The Hall–Kier alpha value is -3.28. The van der Waals surface area contributed by atoms with Gasteiger partial charge in [0.2, 0.25) is 5.91 Å². The third-order valence-electron chi connectivity index (χ3n) is 6.80. The van der Waals surface area contributed by atoms with E-state index in [1.54, 1.807) is 24.5 Å². The molecule has 1 aromatic heterocycles. The molecular weight excluding hydrogens is 381 g/mol. The van der Waals surface area contributed by atoms with Crippen LogP contribution in [-0.4, -0.2) is 22.3 Å². The number of anilines is 1. The van der Waals surface area contributed by atoms with Gasteiger partial charge >= 0.3 is 0 Å². The molecule has 152 valence electrons. The molecule has 3 aromatic rings. The van der Waals surface area contributed by atoms with Gasteiger partial charge in [0.15, 0.2) is 0 Å². The average Bonchev–Trinajstić information content (AvgIpc) is 2.70. The summed E-state index contributed by atoms with van der Waals surface area (Å²) in [5, 5.41) is 7.89. The molecule has 0 aliphatic heterocycles. The fourth-order valence-electron chi connectivity index (χ4n) is 5.14. The second-order valence-corrected chi connectivity index (χ2v) is 8.75. The number of carbonyl (C=O) groups excluding carboxylic acids is 2. The Kier molecular flexibility index (Phi) is 4.13. The highest BCUT2D eigenvalue weighted by atomic mass is 19.1. The smallest absolute Gasteiger partial charge is 0.252 e. The first-order valence-electron chi connectivity index (χ1n) is 10.1. The fraction of sp³-hybridized carbons (Fsp3) is 0.292. The number of benzene rings is 2. The van der Waals surface area contributed by atoms with E-state index in [0.717, 1.165) is 30.0 Å². The van der Waals surface area contributed by atoms with E-state index >= 15 is 0 Å². The van der Waals surface area contributed by atoms with Crippen molar-refractivity contribution in [2.24, 2.45) is 11.3 Å². The van der Waals surface area contributed by atoms with Gasteiger partial charge in [-0.25, -0.2) is 4.39 Å². The van der Waals surface area contributed by atoms with Crippen molar-refractivity contribution in [1.29, 1.82) is 0 Å². The van der Waals surface area contributed by atoms with E-state index in [-0.39, 0.29) is 34.5 Å². The zero-order valence-corrected chi connectivity index (χ0v) is 16.6. The van der Waals surface area contributed by atoms with E-state index in [4.69, 9.17) is 0 Å². The molecule has 6 heteroatoms. The lowest BCUT2D eigenvalue weighted by atomic mass is 9.36. The van der Waals surface area contributed by atoms with Crippen molar-refractivity contribution < 1.29 is 14.0 Å². The number of rotatable bonds is 5. The van der Waals surface area contributed by atoms with Crippen molar-refractivity contribution in [3.63, 3.8) is 0 Å². The van der Waals surface area contributed by atoms with Crippen molar-refractivity contribution in [3.8, 4) is 0 Å². The topological polar surface area (TPSA) is 71.1 Å². The number of fused-ring (bicyclic) bond motifs is 1. The van der Waals surface area contributed by atoms with Gasteiger partial charge in [-0.1, -0.05) is 19.1 Å². The number of hydrogen-bond acceptors (Lipinski definition) is 3. The predicted molar refractivity (Wildman–Crippen MR) is 112 cm³/mol. The zero-order valence-electron chi connectivity index (χ0n) is 16.6. The van der Waals surface area contributed by atoms with Crippen LogP contribution in [-0.2, 0) is 4.79 Å². The summed E-state index contributed by atoms with van der Waals surface area (Å²) in [6.45, 7) is 1.93. The molecule has 1 heterocycles. The third kappa shape index (κ3) is 2.95. The van der Waals surface area contributed by atoms with Crippen LogP contribution in [0.1, 0.15) is 36.5 Å². The lowest BCUT2D eigenvalue weighted by Gasteiger charge is -2.72. The van der Waals surface area contributed by atoms with Crippen LogP contribution in [0.25, 0.3) is 10.8 Å². The summed E-state index contributed by atoms with van der Waals surface area (Å²) in [4.78, 5) is 29.7. The Morgan fingerprint density at radius 3 is 2.53 bits per heavy atom. The lowest BCUT2D eigenvalue weighted by Crippen LogP contribution is -2.77. The van der Waals surface area contributed by atoms with E-state index in [1.807, 2.05) is 31.2 Å². The maximum Gasteiger partial charge on any atom is 0.252 e. The second-order valence-electron chi connectivity index (χ2n) is 8.75. The summed E-state index contributed by atoms with van der Waals surface area (Å²) < 4.78 is 13.0. The number of amides is 2. The largest absolute Gasteiger partial charge is 0.347 e. The van der Waals surface area contributed by atoms with Gasteiger partial charge < -0.3 is 10.6 Å². The summed E-state index contributed by atoms with van der Waals surface area (Å²) >= 11 is 0. The summed E-state index contributed by atoms with van der Waals surface area (Å²) in [6.07, 6.45) is 5.83. The highest BCUT2D eigenvalue weighted by Gasteiger charge is 2.71. The maximum atomic E-state index is 13.0. The lowest BCUT2D eigenvalue weighted by molar-refractivity contribution is -0.184. The van der Waals surface area contributed by atoms with Crippen LogP contribution < -0.4 is 10.6 Å². The number of halogens is 1. The second kappa shape index (κ2) is 6.62. The van der Waals surface area contributed by atoms with Gasteiger partial charge in [0, 0.05) is 40.5 Å². The monoisotopic (exact) mass is 403 g/mol. The van der Waals surface area contributed by atoms with Crippen molar-refractivity contribution in [1.82, 2.24) is 10.3 Å². The average molecular weight is 403 g/mol. The van der Waals surface area contributed by atoms with E-state index in [1.165, 1.54) is 12.1 Å². The van der Waals surface area contributed by atoms with Crippen LogP contribution in [0.3, 0.4) is 0 Å². The quantitative estimate of drug-likeness (QED) is 0.667. The number of nitrogens with one attached hydrogen (secondary N) is 2. The molecule has 2 bridgehead atoms. The molecule has 30 heavy (non-hydrogen) atoms. The maximum absolute atomic E-state index is 13.0. The van der Waals surface area contributed by atoms with E-state index in [9.17, 15) is 14.0 Å². The van der Waals surface area contributed by atoms with Crippen LogP contribution in [0, 0.1) is 17.2 Å². The molecule has 2 N–H and O–H groups in total. The van der Waals surface area contributed by atoms with Crippen LogP contribution in [0.2, 0.25) is 0 Å². The minimum atomic E-state index is -0.333. The van der Waals surface area contributed by atoms with Crippen LogP contribution >= 0.6 is 0 Å². The van der Waals surface area contributed by atoms with E-state index in [2.05, 4.69) is 15.6 Å².